The first-order chi connectivity index (χ1) is 7.63. The van der Waals surface area contributed by atoms with Gasteiger partial charge in [-0.2, -0.15) is 0 Å². The van der Waals surface area contributed by atoms with Crippen LogP contribution >= 0.6 is 0 Å². The Bertz CT molecular complexity index is 382. The van der Waals surface area contributed by atoms with Gasteiger partial charge in [-0.15, -0.1) is 0 Å². The summed E-state index contributed by atoms with van der Waals surface area (Å²) in [6.07, 6.45) is 0.951. The van der Waals surface area contributed by atoms with Crippen LogP contribution in [0.25, 0.3) is 0 Å². The SMILES string of the molecule is NC(CCCNc1cc(F)ccc1F)=NO. The number of nitrogens with two attached hydrogens (primary N) is 1. The number of hydrogen-bond acceptors (Lipinski definition) is 3. The van der Waals surface area contributed by atoms with Crippen LogP contribution in [-0.4, -0.2) is 17.6 Å². The van der Waals surface area contributed by atoms with Crippen LogP contribution in [0.2, 0.25) is 0 Å². The van der Waals surface area contributed by atoms with Crippen LogP contribution in [0.5, 0.6) is 0 Å². The Morgan fingerprint density at radius 3 is 2.88 bits per heavy atom. The smallest absolute Gasteiger partial charge is 0.146 e. The van der Waals surface area contributed by atoms with E-state index in [2.05, 4.69) is 10.5 Å². The van der Waals surface area contributed by atoms with E-state index in [1.807, 2.05) is 0 Å². The second kappa shape index (κ2) is 5.89. The maximum atomic E-state index is 13.1. The Kier molecular flexibility index (Phi) is 4.50. The average molecular weight is 229 g/mol. The topological polar surface area (TPSA) is 70.6 Å². The number of hydrogen-bond donors (Lipinski definition) is 3. The quantitative estimate of drug-likeness (QED) is 0.237. The lowest BCUT2D eigenvalue weighted by Gasteiger charge is -2.06. The van der Waals surface area contributed by atoms with Gasteiger partial charge in [0.15, 0.2) is 0 Å². The van der Waals surface area contributed by atoms with E-state index in [1.165, 1.54) is 0 Å². The van der Waals surface area contributed by atoms with Gasteiger partial charge in [-0.3, -0.25) is 0 Å². The van der Waals surface area contributed by atoms with Crippen molar-refractivity contribution in [2.75, 3.05) is 11.9 Å². The zero-order valence-electron chi connectivity index (χ0n) is 8.58. The minimum absolute atomic E-state index is 0.111. The highest BCUT2D eigenvalue weighted by atomic mass is 19.1. The molecule has 0 aliphatic carbocycles. The van der Waals surface area contributed by atoms with Crippen LogP contribution in [0, 0.1) is 11.6 Å². The monoisotopic (exact) mass is 229 g/mol. The van der Waals surface area contributed by atoms with E-state index in [0.717, 1.165) is 18.2 Å². The van der Waals surface area contributed by atoms with Crippen LogP contribution in [0.4, 0.5) is 14.5 Å². The molecular weight excluding hydrogens is 216 g/mol. The van der Waals surface area contributed by atoms with E-state index in [-0.39, 0.29) is 11.5 Å². The Hall–Kier alpha value is -1.85. The number of halogens is 2. The van der Waals surface area contributed by atoms with Crippen molar-refractivity contribution in [2.24, 2.45) is 10.9 Å². The van der Waals surface area contributed by atoms with Gasteiger partial charge in [0.05, 0.1) is 5.69 Å². The van der Waals surface area contributed by atoms with Gasteiger partial charge in [-0.05, 0) is 24.6 Å². The Balaban J connectivity index is 2.40. The Morgan fingerprint density at radius 1 is 1.44 bits per heavy atom. The summed E-state index contributed by atoms with van der Waals surface area (Å²) < 4.78 is 25.9. The van der Waals surface area contributed by atoms with Crippen LogP contribution in [0.15, 0.2) is 23.4 Å². The predicted molar refractivity (Wildman–Crippen MR) is 57.5 cm³/mol. The summed E-state index contributed by atoms with van der Waals surface area (Å²) in [5, 5.41) is 13.8. The lowest BCUT2D eigenvalue weighted by atomic mass is 10.2. The minimum atomic E-state index is -0.509. The molecule has 0 fully saturated rings. The van der Waals surface area contributed by atoms with Crippen LogP contribution in [0.3, 0.4) is 0 Å². The van der Waals surface area contributed by atoms with Crippen molar-refractivity contribution in [1.82, 2.24) is 0 Å². The van der Waals surface area contributed by atoms with E-state index >= 15 is 0 Å². The fraction of sp³-hybridized carbons (Fsp3) is 0.300. The number of rotatable bonds is 5. The molecule has 0 aliphatic rings. The van der Waals surface area contributed by atoms with Gasteiger partial charge in [0.2, 0.25) is 0 Å². The molecule has 0 heterocycles. The molecule has 0 aromatic heterocycles. The molecule has 0 saturated heterocycles. The number of anilines is 1. The van der Waals surface area contributed by atoms with Gasteiger partial charge in [0.25, 0.3) is 0 Å². The molecule has 1 rings (SSSR count). The maximum Gasteiger partial charge on any atom is 0.146 e. The molecule has 88 valence electrons. The van der Waals surface area contributed by atoms with Crippen molar-refractivity contribution in [2.45, 2.75) is 12.8 Å². The molecule has 0 unspecified atom stereocenters. The highest BCUT2D eigenvalue weighted by molar-refractivity contribution is 5.79. The summed E-state index contributed by atoms with van der Waals surface area (Å²) >= 11 is 0. The van der Waals surface area contributed by atoms with Gasteiger partial charge in [0.1, 0.15) is 17.5 Å². The van der Waals surface area contributed by atoms with Gasteiger partial charge in [-0.1, -0.05) is 5.16 Å². The first kappa shape index (κ1) is 12.2. The van der Waals surface area contributed by atoms with Crippen molar-refractivity contribution in [3.63, 3.8) is 0 Å². The fourth-order valence-electron chi connectivity index (χ4n) is 1.18. The first-order valence-electron chi connectivity index (χ1n) is 4.79. The Labute approximate surface area is 91.8 Å². The second-order valence-electron chi connectivity index (χ2n) is 3.25. The van der Waals surface area contributed by atoms with E-state index in [0.29, 0.717) is 19.4 Å². The highest BCUT2D eigenvalue weighted by Gasteiger charge is 2.02. The van der Waals surface area contributed by atoms with Crippen LogP contribution in [-0.2, 0) is 0 Å². The lowest BCUT2D eigenvalue weighted by molar-refractivity contribution is 0.316. The molecule has 0 atom stereocenters. The van der Waals surface area contributed by atoms with E-state index in [9.17, 15) is 8.78 Å². The van der Waals surface area contributed by atoms with E-state index < -0.39 is 11.6 Å². The number of benzene rings is 1. The molecule has 0 saturated carbocycles. The number of nitrogens with zero attached hydrogens (tertiary/aromatic N) is 1. The molecule has 6 heteroatoms. The number of oxime groups is 1. The number of amidine groups is 1. The normalized spacial score (nSPS) is 11.5. The summed E-state index contributed by atoms with van der Waals surface area (Å²) in [5.74, 6) is -0.896. The molecule has 4 nitrogen and oxygen atoms in total. The third kappa shape index (κ3) is 3.72. The van der Waals surface area contributed by atoms with Crippen LogP contribution < -0.4 is 11.1 Å². The first-order valence-corrected chi connectivity index (χ1v) is 4.79. The van der Waals surface area contributed by atoms with Crippen molar-refractivity contribution in [3.8, 4) is 0 Å². The maximum absolute atomic E-state index is 13.1. The van der Waals surface area contributed by atoms with Gasteiger partial charge in [0, 0.05) is 13.0 Å². The summed E-state index contributed by atoms with van der Waals surface area (Å²) in [7, 11) is 0. The second-order valence-corrected chi connectivity index (χ2v) is 3.25. The summed E-state index contributed by atoms with van der Waals surface area (Å²) in [6.45, 7) is 0.413. The highest BCUT2D eigenvalue weighted by Crippen LogP contribution is 2.15. The average Bonchev–Trinajstić information content (AvgIpc) is 2.28. The minimum Gasteiger partial charge on any atom is -0.409 e. The molecule has 1 aromatic rings. The predicted octanol–water partition coefficient (Wildman–Crippen LogP) is 1.90. The van der Waals surface area contributed by atoms with Crippen molar-refractivity contribution < 1.29 is 14.0 Å². The number of nitrogens with one attached hydrogen (secondary N) is 1. The van der Waals surface area contributed by atoms with Crippen molar-refractivity contribution in [3.05, 3.63) is 29.8 Å². The molecule has 0 bridgehead atoms. The summed E-state index contributed by atoms with van der Waals surface area (Å²) in [4.78, 5) is 0. The van der Waals surface area contributed by atoms with Crippen molar-refractivity contribution in [1.29, 1.82) is 0 Å². The van der Waals surface area contributed by atoms with Gasteiger partial charge >= 0.3 is 0 Å². The third-order valence-corrected chi connectivity index (χ3v) is 1.98. The van der Waals surface area contributed by atoms with E-state index in [4.69, 9.17) is 10.9 Å². The molecular formula is C10H13F2N3O. The Morgan fingerprint density at radius 2 is 2.19 bits per heavy atom. The molecule has 0 aliphatic heterocycles. The summed E-state index contributed by atoms with van der Waals surface area (Å²) in [6, 6.07) is 3.19. The van der Waals surface area contributed by atoms with Gasteiger partial charge < -0.3 is 16.3 Å². The third-order valence-electron chi connectivity index (χ3n) is 1.98. The van der Waals surface area contributed by atoms with E-state index in [1.54, 1.807) is 0 Å². The largest absolute Gasteiger partial charge is 0.409 e. The summed E-state index contributed by atoms with van der Waals surface area (Å²) in [5.41, 5.74) is 5.36. The standard InChI is InChI=1S/C10H13F2N3O/c11-7-3-4-8(12)9(6-7)14-5-1-2-10(13)15-16/h3-4,6,14,16H,1-2,5H2,(H2,13,15). The molecule has 0 spiro atoms. The molecule has 0 amide bonds. The van der Waals surface area contributed by atoms with Gasteiger partial charge in [-0.25, -0.2) is 8.78 Å². The lowest BCUT2D eigenvalue weighted by Crippen LogP contribution is -2.13. The molecule has 0 radical (unpaired) electrons. The zero-order chi connectivity index (χ0) is 12.0. The molecule has 4 N–H and O–H groups in total. The van der Waals surface area contributed by atoms with Crippen molar-refractivity contribution >= 4 is 11.5 Å². The molecule has 1 aromatic carbocycles. The zero-order valence-corrected chi connectivity index (χ0v) is 8.58. The van der Waals surface area contributed by atoms with Crippen LogP contribution in [0.1, 0.15) is 12.8 Å². The fourth-order valence-corrected chi connectivity index (χ4v) is 1.18. The molecule has 16 heavy (non-hydrogen) atoms.